The number of carbonyl (C=O) groups is 1. The van der Waals surface area contributed by atoms with E-state index in [2.05, 4.69) is 0 Å². The van der Waals surface area contributed by atoms with E-state index in [0.717, 1.165) is 12.1 Å². The molecule has 1 aromatic carbocycles. The number of aromatic carboxylic acids is 1. The van der Waals surface area contributed by atoms with Crippen LogP contribution in [0.5, 0.6) is 0 Å². The molecule has 0 aliphatic heterocycles. The van der Waals surface area contributed by atoms with Crippen molar-refractivity contribution in [2.45, 2.75) is 6.92 Å². The maximum Gasteiger partial charge on any atom is 0.336 e. The molecule has 0 unspecified atom stereocenters. The molecule has 14 heavy (non-hydrogen) atoms. The van der Waals surface area contributed by atoms with Crippen molar-refractivity contribution in [2.75, 3.05) is 0 Å². The molecule has 0 saturated carbocycles. The van der Waals surface area contributed by atoms with E-state index in [1.807, 2.05) is 0 Å². The molecule has 1 N–H and O–H groups in total. The van der Waals surface area contributed by atoms with Crippen LogP contribution in [0.25, 0.3) is 0 Å². The molecule has 0 heterocycles. The van der Waals surface area contributed by atoms with E-state index in [1.54, 1.807) is 0 Å². The summed E-state index contributed by atoms with van der Waals surface area (Å²) in [6.07, 6.45) is 0. The Bertz CT molecular complexity index is 377. The largest absolute Gasteiger partial charge is 0.478 e. The first kappa shape index (κ1) is 10.1. The number of nitrogens with zero attached hydrogens (tertiary/aromatic N) is 1. The molecule has 0 aromatic heterocycles. The Balaban J connectivity index is 3.41. The summed E-state index contributed by atoms with van der Waals surface area (Å²) in [6.45, 7) is 1.19. The maximum atomic E-state index is 13.2. The predicted molar refractivity (Wildman–Crippen MR) is 44.8 cm³/mol. The minimum absolute atomic E-state index is 0.230. The van der Waals surface area contributed by atoms with Gasteiger partial charge in [-0.15, -0.1) is 0 Å². The molecular weight excluding hydrogens is 193 g/mol. The van der Waals surface area contributed by atoms with Gasteiger partial charge in [-0.05, 0) is 13.0 Å². The van der Waals surface area contributed by atoms with Crippen molar-refractivity contribution in [3.05, 3.63) is 39.2 Å². The summed E-state index contributed by atoms with van der Waals surface area (Å²) in [6, 6.07) is 1.85. The van der Waals surface area contributed by atoms with Gasteiger partial charge in [0.1, 0.15) is 0 Å². The zero-order chi connectivity index (χ0) is 10.9. The lowest BCUT2D eigenvalue weighted by Crippen LogP contribution is -2.04. The third kappa shape index (κ3) is 1.54. The van der Waals surface area contributed by atoms with E-state index in [4.69, 9.17) is 5.11 Å². The third-order valence-corrected chi connectivity index (χ3v) is 1.79. The molecule has 0 spiro atoms. The number of nitro groups is 1. The van der Waals surface area contributed by atoms with Crippen molar-refractivity contribution < 1.29 is 19.2 Å². The summed E-state index contributed by atoms with van der Waals surface area (Å²) in [5.74, 6) is -2.41. The van der Waals surface area contributed by atoms with Gasteiger partial charge < -0.3 is 5.11 Å². The zero-order valence-corrected chi connectivity index (χ0v) is 7.15. The highest BCUT2D eigenvalue weighted by Crippen LogP contribution is 2.22. The van der Waals surface area contributed by atoms with Crippen LogP contribution < -0.4 is 0 Å². The summed E-state index contributed by atoms with van der Waals surface area (Å²) >= 11 is 0. The van der Waals surface area contributed by atoms with Crippen LogP contribution in [0, 0.1) is 22.9 Å². The highest BCUT2D eigenvalue weighted by atomic mass is 19.1. The van der Waals surface area contributed by atoms with Gasteiger partial charge in [0.05, 0.1) is 10.5 Å². The minimum atomic E-state index is -1.31. The summed E-state index contributed by atoms with van der Waals surface area (Å²) < 4.78 is 13.2. The molecular formula is C8H6FNO4. The molecule has 5 nitrogen and oxygen atoms in total. The molecule has 1 rings (SSSR count). The van der Waals surface area contributed by atoms with Gasteiger partial charge in [0.15, 0.2) is 0 Å². The van der Waals surface area contributed by atoms with Crippen LogP contribution in [0.4, 0.5) is 10.1 Å². The van der Waals surface area contributed by atoms with Crippen LogP contribution in [0.1, 0.15) is 15.9 Å². The topological polar surface area (TPSA) is 80.4 Å². The van der Waals surface area contributed by atoms with Gasteiger partial charge in [0, 0.05) is 11.6 Å². The quantitative estimate of drug-likeness (QED) is 0.581. The Morgan fingerprint density at radius 3 is 2.57 bits per heavy atom. The van der Waals surface area contributed by atoms with Crippen molar-refractivity contribution in [1.29, 1.82) is 0 Å². The van der Waals surface area contributed by atoms with Crippen molar-refractivity contribution in [1.82, 2.24) is 0 Å². The first-order chi connectivity index (χ1) is 6.45. The number of carboxylic acid groups (broad SMARTS) is 1. The van der Waals surface area contributed by atoms with Gasteiger partial charge in [-0.1, -0.05) is 0 Å². The molecule has 0 amide bonds. The standard InChI is InChI=1S/C8H6FNO4/c1-4-5(8(11)12)2-3-6(7(4)9)10(13)14/h2-3H,1H3,(H,11,12). The zero-order valence-electron chi connectivity index (χ0n) is 7.15. The minimum Gasteiger partial charge on any atom is -0.478 e. The highest BCUT2D eigenvalue weighted by molar-refractivity contribution is 5.89. The van der Waals surface area contributed by atoms with Crippen LogP contribution in [0.2, 0.25) is 0 Å². The van der Waals surface area contributed by atoms with Crippen molar-refractivity contribution in [2.24, 2.45) is 0 Å². The highest BCUT2D eigenvalue weighted by Gasteiger charge is 2.20. The molecule has 0 bridgehead atoms. The smallest absolute Gasteiger partial charge is 0.336 e. The second kappa shape index (κ2) is 3.41. The van der Waals surface area contributed by atoms with E-state index in [-0.39, 0.29) is 11.1 Å². The fourth-order valence-electron chi connectivity index (χ4n) is 1.04. The second-order valence-corrected chi connectivity index (χ2v) is 2.63. The number of halogens is 1. The number of rotatable bonds is 2. The van der Waals surface area contributed by atoms with Gasteiger partial charge in [-0.2, -0.15) is 4.39 Å². The normalized spacial score (nSPS) is 9.86. The molecule has 0 fully saturated rings. The van der Waals surface area contributed by atoms with E-state index in [9.17, 15) is 19.3 Å². The average molecular weight is 199 g/mol. The van der Waals surface area contributed by atoms with Crippen molar-refractivity contribution >= 4 is 11.7 Å². The Labute approximate surface area is 77.9 Å². The van der Waals surface area contributed by atoms with E-state index in [0.29, 0.717) is 0 Å². The van der Waals surface area contributed by atoms with Gasteiger partial charge in [0.2, 0.25) is 5.82 Å². The number of hydrogen-bond donors (Lipinski definition) is 1. The SMILES string of the molecule is Cc1c(C(=O)O)ccc([N+](=O)[O-])c1F. The number of benzene rings is 1. The van der Waals surface area contributed by atoms with E-state index < -0.39 is 22.4 Å². The van der Waals surface area contributed by atoms with Gasteiger partial charge in [0.25, 0.3) is 0 Å². The molecule has 0 aliphatic rings. The molecule has 0 aliphatic carbocycles. The lowest BCUT2D eigenvalue weighted by atomic mass is 10.1. The molecule has 6 heteroatoms. The van der Waals surface area contributed by atoms with Crippen molar-refractivity contribution in [3.8, 4) is 0 Å². The Morgan fingerprint density at radius 1 is 1.57 bits per heavy atom. The Hall–Kier alpha value is -1.98. The lowest BCUT2D eigenvalue weighted by molar-refractivity contribution is -0.387. The monoisotopic (exact) mass is 199 g/mol. The van der Waals surface area contributed by atoms with Gasteiger partial charge in [-0.25, -0.2) is 4.79 Å². The first-order valence-corrected chi connectivity index (χ1v) is 3.62. The van der Waals surface area contributed by atoms with Crippen LogP contribution in [0.15, 0.2) is 12.1 Å². The molecule has 1 aromatic rings. The molecule has 74 valence electrons. The average Bonchev–Trinajstić information content (AvgIpc) is 2.08. The van der Waals surface area contributed by atoms with Crippen LogP contribution in [-0.4, -0.2) is 16.0 Å². The second-order valence-electron chi connectivity index (χ2n) is 2.63. The summed E-state index contributed by atoms with van der Waals surface area (Å²) in [5.41, 5.74) is -1.22. The number of nitro benzene ring substituents is 1. The lowest BCUT2D eigenvalue weighted by Gasteiger charge is -2.01. The fraction of sp³-hybridized carbons (Fsp3) is 0.125. The van der Waals surface area contributed by atoms with Crippen LogP contribution >= 0.6 is 0 Å². The maximum absolute atomic E-state index is 13.2. The summed E-state index contributed by atoms with van der Waals surface area (Å²) in [7, 11) is 0. The van der Waals surface area contributed by atoms with Gasteiger partial charge >= 0.3 is 11.7 Å². The molecule has 0 radical (unpaired) electrons. The third-order valence-electron chi connectivity index (χ3n) is 1.79. The number of carboxylic acids is 1. The van der Waals surface area contributed by atoms with E-state index >= 15 is 0 Å². The Morgan fingerprint density at radius 2 is 2.14 bits per heavy atom. The fourth-order valence-corrected chi connectivity index (χ4v) is 1.04. The summed E-state index contributed by atoms with van der Waals surface area (Å²) in [4.78, 5) is 19.9. The van der Waals surface area contributed by atoms with E-state index in [1.165, 1.54) is 6.92 Å². The predicted octanol–water partition coefficient (Wildman–Crippen LogP) is 1.74. The summed E-state index contributed by atoms with van der Waals surface area (Å²) in [5, 5.41) is 18.9. The molecule has 0 atom stereocenters. The molecule has 0 saturated heterocycles. The van der Waals surface area contributed by atoms with Crippen LogP contribution in [-0.2, 0) is 0 Å². The van der Waals surface area contributed by atoms with Gasteiger partial charge in [-0.3, -0.25) is 10.1 Å². The van der Waals surface area contributed by atoms with Crippen LogP contribution in [0.3, 0.4) is 0 Å². The van der Waals surface area contributed by atoms with Crippen molar-refractivity contribution in [3.63, 3.8) is 0 Å². The number of hydrogen-bond acceptors (Lipinski definition) is 3. The first-order valence-electron chi connectivity index (χ1n) is 3.62. The Kier molecular flexibility index (Phi) is 2.46.